The third-order valence-corrected chi connectivity index (χ3v) is 2.95. The molecule has 2 aromatic heterocycles. The first-order chi connectivity index (χ1) is 9.17. The lowest BCUT2D eigenvalue weighted by molar-refractivity contribution is 0.282. The number of nitrogens with two attached hydrogens (primary N) is 1. The van der Waals surface area contributed by atoms with Gasteiger partial charge >= 0.3 is 5.69 Å². The van der Waals surface area contributed by atoms with Crippen LogP contribution in [0, 0.1) is 0 Å². The number of rotatable bonds is 2. The van der Waals surface area contributed by atoms with Crippen LogP contribution in [0.2, 0.25) is 0 Å². The topological polar surface area (TPSA) is 108 Å². The van der Waals surface area contributed by atoms with E-state index in [4.69, 9.17) is 5.73 Å². The van der Waals surface area contributed by atoms with E-state index in [9.17, 15) is 9.90 Å². The van der Waals surface area contributed by atoms with Crippen LogP contribution >= 0.6 is 0 Å². The van der Waals surface area contributed by atoms with E-state index in [2.05, 4.69) is 15.0 Å². The van der Waals surface area contributed by atoms with E-state index in [0.29, 0.717) is 28.1 Å². The maximum atomic E-state index is 11.2. The number of hydrogen-bond acceptors (Lipinski definition) is 4. The van der Waals surface area contributed by atoms with Gasteiger partial charge in [0.2, 0.25) is 0 Å². The summed E-state index contributed by atoms with van der Waals surface area (Å²) in [5, 5.41) is 9.37. The lowest BCUT2D eigenvalue weighted by atomic mass is 10.0. The van der Waals surface area contributed by atoms with Crippen molar-refractivity contribution in [3.05, 3.63) is 46.4 Å². The van der Waals surface area contributed by atoms with Crippen molar-refractivity contribution in [1.82, 2.24) is 15.0 Å². The van der Waals surface area contributed by atoms with Crippen molar-refractivity contribution in [3.8, 4) is 11.3 Å². The van der Waals surface area contributed by atoms with Crippen LogP contribution in [0.4, 0.5) is 5.69 Å². The Labute approximate surface area is 107 Å². The Balaban J connectivity index is 2.20. The second-order valence-electron chi connectivity index (χ2n) is 4.25. The molecule has 0 spiro atoms. The number of imidazole rings is 1. The number of anilines is 1. The number of benzene rings is 1. The predicted octanol–water partition coefficient (Wildman–Crippen LogP) is 0.993. The summed E-state index contributed by atoms with van der Waals surface area (Å²) in [7, 11) is 0. The van der Waals surface area contributed by atoms with Crippen LogP contribution in [0.15, 0.2) is 35.1 Å². The highest BCUT2D eigenvalue weighted by Gasteiger charge is 2.08. The van der Waals surface area contributed by atoms with E-state index < -0.39 is 0 Å². The molecule has 0 unspecified atom stereocenters. The Bertz CT molecular complexity index is 804. The first kappa shape index (κ1) is 11.5. The van der Waals surface area contributed by atoms with Gasteiger partial charge in [0.25, 0.3) is 0 Å². The number of aromatic nitrogens is 3. The van der Waals surface area contributed by atoms with E-state index in [1.807, 2.05) is 0 Å². The molecule has 96 valence electrons. The fourth-order valence-electron chi connectivity index (χ4n) is 2.06. The van der Waals surface area contributed by atoms with Crippen LogP contribution in [-0.4, -0.2) is 20.1 Å². The first-order valence-corrected chi connectivity index (χ1v) is 5.76. The number of nitrogens with zero attached hydrogens (tertiary/aromatic N) is 1. The van der Waals surface area contributed by atoms with Crippen LogP contribution in [0.1, 0.15) is 5.56 Å². The number of aromatic amines is 2. The summed E-state index contributed by atoms with van der Waals surface area (Å²) in [6, 6.07) is 8.82. The van der Waals surface area contributed by atoms with E-state index in [-0.39, 0.29) is 12.3 Å². The molecule has 0 fully saturated rings. The highest BCUT2D eigenvalue weighted by molar-refractivity contribution is 5.76. The molecule has 19 heavy (non-hydrogen) atoms. The molecule has 0 radical (unpaired) electrons. The molecule has 0 aliphatic carbocycles. The molecule has 0 atom stereocenters. The number of nitrogens with one attached hydrogen (secondary N) is 2. The van der Waals surface area contributed by atoms with Gasteiger partial charge in [-0.05, 0) is 29.8 Å². The molecule has 0 amide bonds. The molecule has 3 aromatic rings. The molecule has 0 saturated heterocycles. The van der Waals surface area contributed by atoms with E-state index >= 15 is 0 Å². The molecule has 2 heterocycles. The van der Waals surface area contributed by atoms with Gasteiger partial charge in [-0.2, -0.15) is 0 Å². The van der Waals surface area contributed by atoms with Gasteiger partial charge in [0.05, 0.1) is 17.8 Å². The Morgan fingerprint density at radius 2 is 2.05 bits per heavy atom. The van der Waals surface area contributed by atoms with E-state index in [1.165, 1.54) is 0 Å². The third kappa shape index (κ3) is 1.98. The lowest BCUT2D eigenvalue weighted by Gasteiger charge is -2.07. The zero-order valence-corrected chi connectivity index (χ0v) is 9.97. The Morgan fingerprint density at radius 3 is 2.84 bits per heavy atom. The summed E-state index contributed by atoms with van der Waals surface area (Å²) < 4.78 is 0. The van der Waals surface area contributed by atoms with Crippen LogP contribution in [0.5, 0.6) is 0 Å². The summed E-state index contributed by atoms with van der Waals surface area (Å²) in [6.07, 6.45) is 0. The minimum Gasteiger partial charge on any atom is -0.399 e. The Morgan fingerprint density at radius 1 is 1.21 bits per heavy atom. The second-order valence-corrected chi connectivity index (χ2v) is 4.25. The fourth-order valence-corrected chi connectivity index (χ4v) is 2.06. The summed E-state index contributed by atoms with van der Waals surface area (Å²) in [5.74, 6) is 0. The van der Waals surface area contributed by atoms with Gasteiger partial charge in [-0.25, -0.2) is 9.78 Å². The third-order valence-electron chi connectivity index (χ3n) is 2.95. The smallest absolute Gasteiger partial charge is 0.325 e. The van der Waals surface area contributed by atoms with Gasteiger partial charge < -0.3 is 15.8 Å². The summed E-state index contributed by atoms with van der Waals surface area (Å²) >= 11 is 0. The predicted molar refractivity (Wildman–Crippen MR) is 72.5 cm³/mol. The minimum absolute atomic E-state index is 0.121. The summed E-state index contributed by atoms with van der Waals surface area (Å²) in [4.78, 5) is 20.8. The Kier molecular flexibility index (Phi) is 2.57. The highest BCUT2D eigenvalue weighted by atomic mass is 16.3. The molecule has 0 aliphatic rings. The molecule has 3 rings (SSSR count). The molecule has 0 bridgehead atoms. The van der Waals surface area contributed by atoms with Crippen LogP contribution in [-0.2, 0) is 6.61 Å². The average Bonchev–Trinajstić information content (AvgIpc) is 2.77. The number of aliphatic hydroxyl groups is 1. The first-order valence-electron chi connectivity index (χ1n) is 5.76. The number of pyridine rings is 1. The summed E-state index contributed by atoms with van der Waals surface area (Å²) in [6.45, 7) is -0.121. The molecule has 0 aliphatic heterocycles. The van der Waals surface area contributed by atoms with Gasteiger partial charge in [0.1, 0.15) is 0 Å². The van der Waals surface area contributed by atoms with Crippen molar-refractivity contribution >= 4 is 16.9 Å². The normalized spacial score (nSPS) is 11.0. The SMILES string of the molecule is Nc1ccc(-c2ccc3[nH]c(=O)[nH]c3n2)c(CO)c1. The molecular formula is C13H12N4O2. The van der Waals surface area contributed by atoms with Crippen molar-refractivity contribution < 1.29 is 5.11 Å². The molecule has 6 nitrogen and oxygen atoms in total. The minimum atomic E-state index is -0.292. The molecule has 0 saturated carbocycles. The number of hydrogen-bond donors (Lipinski definition) is 4. The van der Waals surface area contributed by atoms with Crippen LogP contribution < -0.4 is 11.4 Å². The molecule has 5 N–H and O–H groups in total. The maximum absolute atomic E-state index is 11.2. The van der Waals surface area contributed by atoms with Gasteiger partial charge in [-0.1, -0.05) is 6.07 Å². The van der Waals surface area contributed by atoms with E-state index in [1.54, 1.807) is 30.3 Å². The lowest BCUT2D eigenvalue weighted by Crippen LogP contribution is -1.99. The van der Waals surface area contributed by atoms with Crippen molar-refractivity contribution in [3.63, 3.8) is 0 Å². The summed E-state index contributed by atoms with van der Waals surface area (Å²) in [5.41, 5.74) is 9.29. The highest BCUT2D eigenvalue weighted by Crippen LogP contribution is 2.25. The number of H-pyrrole nitrogens is 2. The molecule has 1 aromatic carbocycles. The largest absolute Gasteiger partial charge is 0.399 e. The standard InChI is InChI=1S/C13H12N4O2/c14-8-1-2-9(7(5-8)6-18)10-3-4-11-12(15-10)17-13(19)16-11/h1-5,18H,6,14H2,(H2,15,16,17,19). The number of aliphatic hydroxyl groups excluding tert-OH is 1. The Hall–Kier alpha value is -2.60. The quantitative estimate of drug-likeness (QED) is 0.513. The van der Waals surface area contributed by atoms with Crippen molar-refractivity contribution in [1.29, 1.82) is 0 Å². The van der Waals surface area contributed by atoms with Crippen molar-refractivity contribution in [2.45, 2.75) is 6.61 Å². The van der Waals surface area contributed by atoms with Gasteiger partial charge in [0, 0.05) is 11.3 Å². The zero-order chi connectivity index (χ0) is 13.4. The molecular weight excluding hydrogens is 244 g/mol. The maximum Gasteiger partial charge on any atom is 0.325 e. The van der Waals surface area contributed by atoms with Crippen molar-refractivity contribution in [2.24, 2.45) is 0 Å². The van der Waals surface area contributed by atoms with Crippen molar-refractivity contribution in [2.75, 3.05) is 5.73 Å². The molecule has 6 heteroatoms. The number of fused-ring (bicyclic) bond motifs is 1. The average molecular weight is 256 g/mol. The van der Waals surface area contributed by atoms with Crippen LogP contribution in [0.25, 0.3) is 22.4 Å². The fraction of sp³-hybridized carbons (Fsp3) is 0.0769. The van der Waals surface area contributed by atoms with Gasteiger partial charge in [-0.15, -0.1) is 0 Å². The zero-order valence-electron chi connectivity index (χ0n) is 9.97. The van der Waals surface area contributed by atoms with E-state index in [0.717, 1.165) is 5.56 Å². The number of nitrogen functional groups attached to an aromatic ring is 1. The van der Waals surface area contributed by atoms with Gasteiger partial charge in [-0.3, -0.25) is 4.98 Å². The van der Waals surface area contributed by atoms with Gasteiger partial charge in [0.15, 0.2) is 5.65 Å². The van der Waals surface area contributed by atoms with Crippen LogP contribution in [0.3, 0.4) is 0 Å². The monoisotopic (exact) mass is 256 g/mol. The second kappa shape index (κ2) is 4.25.